The number of furan rings is 1. The van der Waals surface area contributed by atoms with Crippen molar-refractivity contribution in [1.82, 2.24) is 20.5 Å². The average Bonchev–Trinajstić information content (AvgIpc) is 3.44. The van der Waals surface area contributed by atoms with E-state index in [1.807, 2.05) is 30.3 Å². The first-order valence-corrected chi connectivity index (χ1v) is 9.30. The second-order valence-corrected chi connectivity index (χ2v) is 6.67. The number of rotatable bonds is 4. The number of hydrogen-bond acceptors (Lipinski definition) is 8. The maximum absolute atomic E-state index is 12.7. The van der Waals surface area contributed by atoms with Crippen molar-refractivity contribution in [3.63, 3.8) is 0 Å². The molecule has 0 bridgehead atoms. The Kier molecular flexibility index (Phi) is 4.41. The summed E-state index contributed by atoms with van der Waals surface area (Å²) in [7, 11) is 0. The standard InChI is InChI=1S/C20H18N6O3/c27-18(23-15-12-22-5-3-16(15)26-8-6-21-7-9-26)20-25-24-19(29-20)14-1-2-17-13(11-14)4-10-28-17/h1-5,10-12,21H,6-9H2,(H,23,27). The average molecular weight is 390 g/mol. The molecule has 1 aliphatic heterocycles. The van der Waals surface area contributed by atoms with Crippen LogP contribution in [0, 0.1) is 0 Å². The molecule has 0 unspecified atom stereocenters. The molecule has 0 aliphatic carbocycles. The summed E-state index contributed by atoms with van der Waals surface area (Å²) in [6.45, 7) is 3.50. The Hall–Kier alpha value is -3.72. The van der Waals surface area contributed by atoms with Gasteiger partial charge in [0, 0.05) is 43.3 Å². The van der Waals surface area contributed by atoms with Crippen molar-refractivity contribution in [1.29, 1.82) is 0 Å². The van der Waals surface area contributed by atoms with E-state index in [1.54, 1.807) is 18.7 Å². The number of amides is 1. The van der Waals surface area contributed by atoms with Gasteiger partial charge in [-0.05, 0) is 30.3 Å². The lowest BCUT2D eigenvalue weighted by molar-refractivity contribution is 0.0991. The Labute approximate surface area is 165 Å². The van der Waals surface area contributed by atoms with Gasteiger partial charge in [-0.25, -0.2) is 0 Å². The van der Waals surface area contributed by atoms with E-state index in [-0.39, 0.29) is 11.8 Å². The zero-order chi connectivity index (χ0) is 19.6. The number of nitrogens with zero attached hydrogens (tertiary/aromatic N) is 4. The maximum atomic E-state index is 12.7. The van der Waals surface area contributed by atoms with Gasteiger partial charge in [0.15, 0.2) is 0 Å². The van der Waals surface area contributed by atoms with E-state index in [1.165, 1.54) is 0 Å². The number of nitrogens with one attached hydrogen (secondary N) is 2. The lowest BCUT2D eigenvalue weighted by Gasteiger charge is -2.30. The monoisotopic (exact) mass is 390 g/mol. The SMILES string of the molecule is O=C(Nc1cnccc1N1CCNCC1)c1nnc(-c2ccc3occc3c2)o1. The topological polar surface area (TPSA) is 109 Å². The molecular weight excluding hydrogens is 372 g/mol. The summed E-state index contributed by atoms with van der Waals surface area (Å²) in [5.41, 5.74) is 3.01. The molecule has 1 aliphatic rings. The first-order valence-electron chi connectivity index (χ1n) is 9.30. The second-order valence-electron chi connectivity index (χ2n) is 6.67. The van der Waals surface area contributed by atoms with Crippen LogP contribution in [-0.2, 0) is 0 Å². The minimum Gasteiger partial charge on any atom is -0.464 e. The number of carbonyl (C=O) groups excluding carboxylic acids is 1. The van der Waals surface area contributed by atoms with Gasteiger partial charge in [0.25, 0.3) is 0 Å². The van der Waals surface area contributed by atoms with Gasteiger partial charge in [-0.3, -0.25) is 9.78 Å². The van der Waals surface area contributed by atoms with Crippen LogP contribution in [0.15, 0.2) is 57.8 Å². The van der Waals surface area contributed by atoms with E-state index in [4.69, 9.17) is 8.83 Å². The van der Waals surface area contributed by atoms with Crippen LogP contribution in [0.3, 0.4) is 0 Å². The predicted molar refractivity (Wildman–Crippen MR) is 107 cm³/mol. The zero-order valence-electron chi connectivity index (χ0n) is 15.5. The molecule has 1 aromatic carbocycles. The summed E-state index contributed by atoms with van der Waals surface area (Å²) in [4.78, 5) is 19.0. The molecule has 2 N–H and O–H groups in total. The molecule has 0 atom stereocenters. The molecule has 0 saturated carbocycles. The Balaban J connectivity index is 1.37. The number of anilines is 2. The lowest BCUT2D eigenvalue weighted by Crippen LogP contribution is -2.43. The highest BCUT2D eigenvalue weighted by Crippen LogP contribution is 2.27. The molecular formula is C20H18N6O3. The summed E-state index contributed by atoms with van der Waals surface area (Å²) in [6, 6.07) is 9.25. The molecule has 146 valence electrons. The van der Waals surface area contributed by atoms with E-state index in [0.717, 1.165) is 42.8 Å². The third-order valence-electron chi connectivity index (χ3n) is 4.82. The van der Waals surface area contributed by atoms with E-state index in [0.29, 0.717) is 11.3 Å². The highest BCUT2D eigenvalue weighted by atomic mass is 16.4. The van der Waals surface area contributed by atoms with Gasteiger partial charge in [0.1, 0.15) is 5.58 Å². The highest BCUT2D eigenvalue weighted by Gasteiger charge is 2.20. The summed E-state index contributed by atoms with van der Waals surface area (Å²) in [6.07, 6.45) is 4.95. The minimum absolute atomic E-state index is 0.109. The van der Waals surface area contributed by atoms with Gasteiger partial charge in [-0.2, -0.15) is 0 Å². The Morgan fingerprint density at radius 2 is 2.03 bits per heavy atom. The van der Waals surface area contributed by atoms with Crippen molar-refractivity contribution < 1.29 is 13.6 Å². The highest BCUT2D eigenvalue weighted by molar-refractivity contribution is 6.03. The summed E-state index contributed by atoms with van der Waals surface area (Å²) < 4.78 is 10.9. The van der Waals surface area contributed by atoms with Gasteiger partial charge >= 0.3 is 11.8 Å². The van der Waals surface area contributed by atoms with Crippen LogP contribution < -0.4 is 15.5 Å². The van der Waals surface area contributed by atoms with Crippen molar-refractivity contribution in [3.8, 4) is 11.5 Å². The zero-order valence-corrected chi connectivity index (χ0v) is 15.5. The van der Waals surface area contributed by atoms with Crippen LogP contribution >= 0.6 is 0 Å². The molecule has 4 aromatic rings. The summed E-state index contributed by atoms with van der Waals surface area (Å²) in [5.74, 6) is -0.313. The lowest BCUT2D eigenvalue weighted by atomic mass is 10.1. The molecule has 29 heavy (non-hydrogen) atoms. The van der Waals surface area contributed by atoms with Crippen LogP contribution in [-0.4, -0.2) is 47.3 Å². The quantitative estimate of drug-likeness (QED) is 0.547. The second kappa shape index (κ2) is 7.36. The normalized spacial score (nSPS) is 14.3. The first kappa shape index (κ1) is 17.4. The van der Waals surface area contributed by atoms with E-state index < -0.39 is 5.91 Å². The third-order valence-corrected chi connectivity index (χ3v) is 4.82. The number of carbonyl (C=O) groups is 1. The van der Waals surface area contributed by atoms with Gasteiger partial charge in [0.2, 0.25) is 5.89 Å². The van der Waals surface area contributed by atoms with Crippen molar-refractivity contribution >= 4 is 28.3 Å². The molecule has 9 nitrogen and oxygen atoms in total. The summed E-state index contributed by atoms with van der Waals surface area (Å²) in [5, 5.41) is 15.0. The number of piperazine rings is 1. The fraction of sp³-hybridized carbons (Fsp3) is 0.200. The van der Waals surface area contributed by atoms with E-state index >= 15 is 0 Å². The fourth-order valence-electron chi connectivity index (χ4n) is 3.37. The van der Waals surface area contributed by atoms with Crippen LogP contribution in [0.2, 0.25) is 0 Å². The predicted octanol–water partition coefficient (Wildman–Crippen LogP) is 2.54. The van der Waals surface area contributed by atoms with Gasteiger partial charge in [-0.1, -0.05) is 0 Å². The van der Waals surface area contributed by atoms with Crippen LogP contribution in [0.1, 0.15) is 10.7 Å². The van der Waals surface area contributed by atoms with E-state index in [9.17, 15) is 4.79 Å². The van der Waals surface area contributed by atoms with Crippen LogP contribution in [0.4, 0.5) is 11.4 Å². The Morgan fingerprint density at radius 1 is 1.14 bits per heavy atom. The third kappa shape index (κ3) is 3.43. The maximum Gasteiger partial charge on any atom is 0.313 e. The van der Waals surface area contributed by atoms with Gasteiger partial charge in [0.05, 0.1) is 23.8 Å². The number of benzene rings is 1. The number of pyridine rings is 1. The van der Waals surface area contributed by atoms with E-state index in [2.05, 4.69) is 30.7 Å². The van der Waals surface area contributed by atoms with Crippen molar-refractivity contribution in [2.75, 3.05) is 36.4 Å². The van der Waals surface area contributed by atoms with Crippen molar-refractivity contribution in [2.24, 2.45) is 0 Å². The van der Waals surface area contributed by atoms with Crippen LogP contribution in [0.25, 0.3) is 22.4 Å². The number of fused-ring (bicyclic) bond motifs is 1. The molecule has 0 spiro atoms. The molecule has 1 saturated heterocycles. The van der Waals surface area contributed by atoms with Crippen molar-refractivity contribution in [3.05, 3.63) is 54.9 Å². The van der Waals surface area contributed by atoms with Gasteiger partial charge < -0.3 is 24.4 Å². The van der Waals surface area contributed by atoms with Gasteiger partial charge in [-0.15, -0.1) is 10.2 Å². The molecule has 4 heterocycles. The summed E-state index contributed by atoms with van der Waals surface area (Å²) >= 11 is 0. The van der Waals surface area contributed by atoms with Crippen molar-refractivity contribution in [2.45, 2.75) is 0 Å². The molecule has 1 amide bonds. The molecule has 3 aromatic heterocycles. The molecule has 0 radical (unpaired) electrons. The molecule has 9 heteroatoms. The fourth-order valence-corrected chi connectivity index (χ4v) is 3.37. The largest absolute Gasteiger partial charge is 0.464 e. The number of aromatic nitrogens is 3. The Morgan fingerprint density at radius 3 is 2.93 bits per heavy atom. The van der Waals surface area contributed by atoms with Crippen LogP contribution in [0.5, 0.6) is 0 Å². The smallest absolute Gasteiger partial charge is 0.313 e. The molecule has 1 fully saturated rings. The minimum atomic E-state index is -0.475. The Bertz CT molecular complexity index is 1160. The first-order chi connectivity index (χ1) is 14.3. The molecule has 5 rings (SSSR count). The number of hydrogen-bond donors (Lipinski definition) is 2.